The Hall–Kier alpha value is -0.0900. The number of carbonyl (C=O) groups excluding carboxylic acids is 1. The van der Waals surface area contributed by atoms with Crippen LogP contribution in [0.2, 0.25) is 0 Å². The fourth-order valence-corrected chi connectivity index (χ4v) is 1.29. The lowest BCUT2D eigenvalue weighted by Crippen LogP contribution is -2.41. The van der Waals surface area contributed by atoms with Crippen molar-refractivity contribution in [3.05, 3.63) is 0 Å². The van der Waals surface area contributed by atoms with E-state index in [1.54, 1.807) is 19.1 Å². The highest BCUT2D eigenvalue weighted by Crippen LogP contribution is 2.10. The molecule has 3 nitrogen and oxygen atoms in total. The minimum absolute atomic E-state index is 0.0724. The van der Waals surface area contributed by atoms with Crippen molar-refractivity contribution < 1.29 is 9.53 Å². The summed E-state index contributed by atoms with van der Waals surface area (Å²) in [5.41, 5.74) is 0. The van der Waals surface area contributed by atoms with Crippen LogP contribution in [0.4, 0.5) is 0 Å². The molecule has 0 aromatic heterocycles. The predicted octanol–water partition coefficient (Wildman–Crippen LogP) is 1.65. The Labute approximate surface area is 88.6 Å². The maximum atomic E-state index is 11.6. The second-order valence-electron chi connectivity index (χ2n) is 3.13. The van der Waals surface area contributed by atoms with Gasteiger partial charge in [-0.25, -0.2) is 0 Å². The van der Waals surface area contributed by atoms with Gasteiger partial charge < -0.3 is 9.64 Å². The van der Waals surface area contributed by atoms with Crippen LogP contribution in [0.3, 0.4) is 0 Å². The smallest absolute Gasteiger partial charge is 0.236 e. The summed E-state index contributed by atoms with van der Waals surface area (Å²) in [5.74, 6) is 0.118. The highest BCUT2D eigenvalue weighted by atomic mass is 79.9. The molecule has 0 saturated heterocycles. The monoisotopic (exact) mass is 251 g/mol. The van der Waals surface area contributed by atoms with Crippen LogP contribution in [0.1, 0.15) is 20.3 Å². The number of hydrogen-bond acceptors (Lipinski definition) is 2. The maximum absolute atomic E-state index is 11.6. The molecule has 0 aliphatic heterocycles. The Kier molecular flexibility index (Phi) is 6.33. The van der Waals surface area contributed by atoms with Crippen LogP contribution in [-0.4, -0.2) is 42.4 Å². The van der Waals surface area contributed by atoms with Crippen molar-refractivity contribution in [3.8, 4) is 0 Å². The molecule has 0 fully saturated rings. The number of ether oxygens (including phenoxy) is 1. The lowest BCUT2D eigenvalue weighted by atomic mass is 10.2. The fraction of sp³-hybridized carbons (Fsp3) is 0.889. The summed E-state index contributed by atoms with van der Waals surface area (Å²) < 4.78 is 4.98. The van der Waals surface area contributed by atoms with Gasteiger partial charge in [-0.05, 0) is 13.3 Å². The highest BCUT2D eigenvalue weighted by molar-refractivity contribution is 9.10. The molecular formula is C9H18BrNO2. The molecule has 4 heteroatoms. The van der Waals surface area contributed by atoms with Crippen LogP contribution in [0.25, 0.3) is 0 Å². The third-order valence-corrected chi connectivity index (χ3v) is 3.08. The SMILES string of the molecule is CCC(Br)C(=O)N(C)C(C)COC. The van der Waals surface area contributed by atoms with E-state index in [9.17, 15) is 4.79 Å². The van der Waals surface area contributed by atoms with E-state index in [1.807, 2.05) is 13.8 Å². The zero-order valence-electron chi connectivity index (χ0n) is 8.71. The molecule has 0 spiro atoms. The van der Waals surface area contributed by atoms with Crippen molar-refractivity contribution >= 4 is 21.8 Å². The first-order valence-corrected chi connectivity index (χ1v) is 5.35. The zero-order chi connectivity index (χ0) is 10.4. The molecule has 0 radical (unpaired) electrons. The third-order valence-electron chi connectivity index (χ3n) is 2.04. The van der Waals surface area contributed by atoms with Crippen molar-refractivity contribution in [2.75, 3.05) is 20.8 Å². The maximum Gasteiger partial charge on any atom is 0.236 e. The lowest BCUT2D eigenvalue weighted by Gasteiger charge is -2.26. The number of methoxy groups -OCH3 is 1. The molecule has 0 heterocycles. The van der Waals surface area contributed by atoms with E-state index in [1.165, 1.54) is 0 Å². The molecule has 0 saturated carbocycles. The number of nitrogens with zero attached hydrogens (tertiary/aromatic N) is 1. The van der Waals surface area contributed by atoms with Gasteiger partial charge in [0.25, 0.3) is 0 Å². The van der Waals surface area contributed by atoms with E-state index in [2.05, 4.69) is 15.9 Å². The number of alkyl halides is 1. The molecule has 0 rings (SSSR count). The second-order valence-corrected chi connectivity index (χ2v) is 4.23. The molecule has 0 bridgehead atoms. The fourth-order valence-electron chi connectivity index (χ4n) is 0.966. The lowest BCUT2D eigenvalue weighted by molar-refractivity contribution is -0.131. The molecule has 0 aromatic rings. The van der Waals surface area contributed by atoms with Gasteiger partial charge in [0.15, 0.2) is 0 Å². The number of halogens is 1. The van der Waals surface area contributed by atoms with Crippen molar-refractivity contribution in [3.63, 3.8) is 0 Å². The largest absolute Gasteiger partial charge is 0.383 e. The quantitative estimate of drug-likeness (QED) is 0.696. The van der Waals surface area contributed by atoms with Crippen LogP contribution < -0.4 is 0 Å². The number of hydrogen-bond donors (Lipinski definition) is 0. The van der Waals surface area contributed by atoms with Gasteiger partial charge >= 0.3 is 0 Å². The van der Waals surface area contributed by atoms with Gasteiger partial charge in [-0.3, -0.25) is 4.79 Å². The topological polar surface area (TPSA) is 29.5 Å². The van der Waals surface area contributed by atoms with E-state index in [-0.39, 0.29) is 16.8 Å². The van der Waals surface area contributed by atoms with Crippen molar-refractivity contribution in [2.45, 2.75) is 31.1 Å². The summed E-state index contributed by atoms with van der Waals surface area (Å²) in [6.45, 7) is 4.52. The van der Waals surface area contributed by atoms with Crippen LogP contribution in [0.5, 0.6) is 0 Å². The molecule has 1 amide bonds. The Morgan fingerprint density at radius 2 is 2.15 bits per heavy atom. The van der Waals surface area contributed by atoms with E-state index < -0.39 is 0 Å². The van der Waals surface area contributed by atoms with Crippen LogP contribution in [0, 0.1) is 0 Å². The molecule has 0 N–H and O–H groups in total. The average molecular weight is 252 g/mol. The summed E-state index contributed by atoms with van der Waals surface area (Å²) in [4.78, 5) is 13.3. The minimum atomic E-state index is -0.0724. The summed E-state index contributed by atoms with van der Waals surface area (Å²) in [6.07, 6.45) is 0.808. The summed E-state index contributed by atoms with van der Waals surface area (Å²) in [5, 5.41) is 0. The number of carbonyl (C=O) groups is 1. The summed E-state index contributed by atoms with van der Waals surface area (Å²) in [7, 11) is 3.44. The average Bonchev–Trinajstić information content (AvgIpc) is 2.14. The second kappa shape index (κ2) is 6.38. The summed E-state index contributed by atoms with van der Waals surface area (Å²) in [6, 6.07) is 0.129. The Morgan fingerprint density at radius 1 is 1.62 bits per heavy atom. The normalized spacial score (nSPS) is 15.2. The first kappa shape index (κ1) is 12.9. The van der Waals surface area contributed by atoms with Gasteiger partial charge in [0.2, 0.25) is 5.91 Å². The predicted molar refractivity (Wildman–Crippen MR) is 57.1 cm³/mol. The number of likely N-dealkylation sites (N-methyl/N-ethyl adjacent to an activating group) is 1. The van der Waals surface area contributed by atoms with Gasteiger partial charge in [-0.1, -0.05) is 22.9 Å². The molecule has 2 unspecified atom stereocenters. The Morgan fingerprint density at radius 3 is 2.54 bits per heavy atom. The first-order chi connectivity index (χ1) is 6.04. The molecule has 0 aliphatic carbocycles. The molecular weight excluding hydrogens is 234 g/mol. The Bertz CT molecular complexity index is 164. The molecule has 0 aromatic carbocycles. The van der Waals surface area contributed by atoms with E-state index >= 15 is 0 Å². The van der Waals surface area contributed by atoms with Gasteiger partial charge in [0, 0.05) is 14.2 Å². The van der Waals surface area contributed by atoms with E-state index in [4.69, 9.17) is 4.74 Å². The minimum Gasteiger partial charge on any atom is -0.383 e. The van der Waals surface area contributed by atoms with Gasteiger partial charge in [0.05, 0.1) is 17.5 Å². The standard InChI is InChI=1S/C9H18BrNO2/c1-5-8(10)9(12)11(3)7(2)6-13-4/h7-8H,5-6H2,1-4H3. The Balaban J connectivity index is 4.08. The molecule has 0 aliphatic rings. The van der Waals surface area contributed by atoms with Gasteiger partial charge in [-0.2, -0.15) is 0 Å². The molecule has 78 valence electrons. The van der Waals surface area contributed by atoms with Gasteiger partial charge in [0.1, 0.15) is 0 Å². The zero-order valence-corrected chi connectivity index (χ0v) is 10.3. The van der Waals surface area contributed by atoms with E-state index in [0.29, 0.717) is 6.61 Å². The van der Waals surface area contributed by atoms with E-state index in [0.717, 1.165) is 6.42 Å². The van der Waals surface area contributed by atoms with Gasteiger partial charge in [-0.15, -0.1) is 0 Å². The third kappa shape index (κ3) is 4.09. The first-order valence-electron chi connectivity index (χ1n) is 4.44. The van der Waals surface area contributed by atoms with Crippen molar-refractivity contribution in [1.82, 2.24) is 4.90 Å². The van der Waals surface area contributed by atoms with Crippen LogP contribution >= 0.6 is 15.9 Å². The molecule has 2 atom stereocenters. The van der Waals surface area contributed by atoms with Crippen molar-refractivity contribution in [1.29, 1.82) is 0 Å². The van der Waals surface area contributed by atoms with Crippen molar-refractivity contribution in [2.24, 2.45) is 0 Å². The van der Waals surface area contributed by atoms with Crippen LogP contribution in [0.15, 0.2) is 0 Å². The molecule has 13 heavy (non-hydrogen) atoms. The number of rotatable bonds is 5. The van der Waals surface area contributed by atoms with Crippen LogP contribution in [-0.2, 0) is 9.53 Å². The summed E-state index contributed by atoms with van der Waals surface area (Å²) >= 11 is 3.33. The number of amides is 1. The highest BCUT2D eigenvalue weighted by Gasteiger charge is 2.20.